The lowest BCUT2D eigenvalue weighted by Gasteiger charge is -2.23. The molecule has 2 aliphatic rings. The van der Waals surface area contributed by atoms with Gasteiger partial charge in [0, 0.05) is 24.0 Å². The van der Waals surface area contributed by atoms with Crippen molar-refractivity contribution in [1.82, 2.24) is 10.2 Å². The summed E-state index contributed by atoms with van der Waals surface area (Å²) < 4.78 is 0. The van der Waals surface area contributed by atoms with Crippen LogP contribution in [0.3, 0.4) is 0 Å². The van der Waals surface area contributed by atoms with Gasteiger partial charge in [-0.2, -0.15) is 0 Å². The standard InChI is InChI=1S/C14H22N2.C9H13N.C7H10N2/c1-5-8-13(6-2)11-15-12(3)14-9-7-10-16(14)4;1-4-5-9-7(2)6-10-8(9)3;8-7(9)6-4-2-1-3-5-6/h5-6,8,14-15H,1-3,7,9-11H2,4H3;4H,1,5-6H2,2-3H3;1-5,7H,8-9H2/b13-8+;;. The van der Waals surface area contributed by atoms with Crippen LogP contribution in [0.2, 0.25) is 0 Å². The molecule has 3 rings (SSSR count). The van der Waals surface area contributed by atoms with Crippen molar-refractivity contribution in [1.29, 1.82) is 0 Å². The van der Waals surface area contributed by atoms with Gasteiger partial charge in [-0.3, -0.25) is 9.89 Å². The molecule has 35 heavy (non-hydrogen) atoms. The van der Waals surface area contributed by atoms with Crippen molar-refractivity contribution in [3.63, 3.8) is 0 Å². The number of likely N-dealkylation sites (tertiary alicyclic amines) is 1. The molecule has 5 nitrogen and oxygen atoms in total. The van der Waals surface area contributed by atoms with E-state index in [2.05, 4.69) is 62.4 Å². The molecule has 0 aliphatic carbocycles. The van der Waals surface area contributed by atoms with E-state index < -0.39 is 0 Å². The molecule has 0 radical (unpaired) electrons. The molecule has 5 heteroatoms. The third-order valence-corrected chi connectivity index (χ3v) is 6.07. The number of nitrogens with two attached hydrogens (primary N) is 2. The number of rotatable bonds is 9. The summed E-state index contributed by atoms with van der Waals surface area (Å²) in [6.45, 7) is 22.3. The zero-order valence-corrected chi connectivity index (χ0v) is 22.0. The number of nitrogens with zero attached hydrogens (tertiary/aromatic N) is 2. The average Bonchev–Trinajstić information content (AvgIpc) is 3.43. The smallest absolute Gasteiger partial charge is 0.0784 e. The van der Waals surface area contributed by atoms with E-state index in [1.165, 1.54) is 36.2 Å². The Kier molecular flexibility index (Phi) is 14.3. The monoisotopic (exact) mass is 475 g/mol. The Bertz CT molecular complexity index is 921. The Hall–Kier alpha value is -2.99. The molecular formula is C30H45N5. The van der Waals surface area contributed by atoms with Gasteiger partial charge >= 0.3 is 0 Å². The zero-order chi connectivity index (χ0) is 26.2. The predicted molar refractivity (Wildman–Crippen MR) is 154 cm³/mol. The lowest BCUT2D eigenvalue weighted by molar-refractivity contribution is 0.335. The molecule has 0 saturated carbocycles. The van der Waals surface area contributed by atoms with Gasteiger partial charge < -0.3 is 16.8 Å². The molecule has 1 saturated heterocycles. The second-order valence-electron chi connectivity index (χ2n) is 8.79. The van der Waals surface area contributed by atoms with Crippen molar-refractivity contribution in [2.75, 3.05) is 26.7 Å². The van der Waals surface area contributed by atoms with Crippen LogP contribution in [0.5, 0.6) is 0 Å². The van der Waals surface area contributed by atoms with Gasteiger partial charge in [-0.05, 0) is 69.0 Å². The molecular weight excluding hydrogens is 430 g/mol. The Morgan fingerprint density at radius 2 is 1.89 bits per heavy atom. The third-order valence-electron chi connectivity index (χ3n) is 6.07. The summed E-state index contributed by atoms with van der Waals surface area (Å²) in [5.41, 5.74) is 18.0. The lowest BCUT2D eigenvalue weighted by Crippen LogP contribution is -2.33. The second kappa shape index (κ2) is 16.6. The molecule has 2 heterocycles. The molecule has 0 spiro atoms. The number of nitrogens with one attached hydrogen (secondary N) is 1. The van der Waals surface area contributed by atoms with Gasteiger partial charge in [-0.15, -0.1) is 6.58 Å². The molecule has 1 aromatic carbocycles. The highest BCUT2D eigenvalue weighted by Crippen LogP contribution is 2.19. The van der Waals surface area contributed by atoms with E-state index in [4.69, 9.17) is 11.5 Å². The molecule has 0 aromatic heterocycles. The van der Waals surface area contributed by atoms with Crippen LogP contribution in [-0.2, 0) is 0 Å². The molecule has 1 fully saturated rings. The fourth-order valence-corrected chi connectivity index (χ4v) is 3.91. The number of aliphatic imine (C=N–C) groups is 1. The van der Waals surface area contributed by atoms with Crippen molar-refractivity contribution in [3.05, 3.63) is 109 Å². The highest BCUT2D eigenvalue weighted by Gasteiger charge is 2.23. The van der Waals surface area contributed by atoms with Crippen molar-refractivity contribution in [2.24, 2.45) is 16.5 Å². The fourth-order valence-electron chi connectivity index (χ4n) is 3.91. The first kappa shape index (κ1) is 30.0. The zero-order valence-electron chi connectivity index (χ0n) is 22.0. The van der Waals surface area contributed by atoms with Crippen LogP contribution in [0.1, 0.15) is 44.8 Å². The van der Waals surface area contributed by atoms with Crippen LogP contribution < -0.4 is 16.8 Å². The van der Waals surface area contributed by atoms with E-state index in [0.29, 0.717) is 6.04 Å². The summed E-state index contributed by atoms with van der Waals surface area (Å²) in [5.74, 6) is 0. The highest BCUT2D eigenvalue weighted by atomic mass is 15.2. The first-order valence-electron chi connectivity index (χ1n) is 12.2. The van der Waals surface area contributed by atoms with Gasteiger partial charge in [0.2, 0.25) is 0 Å². The van der Waals surface area contributed by atoms with Gasteiger partial charge in [0.15, 0.2) is 0 Å². The van der Waals surface area contributed by atoms with Gasteiger partial charge in [0.1, 0.15) is 0 Å². The average molecular weight is 476 g/mol. The van der Waals surface area contributed by atoms with Crippen LogP contribution in [0.25, 0.3) is 0 Å². The van der Waals surface area contributed by atoms with Gasteiger partial charge in [0.25, 0.3) is 0 Å². The third kappa shape index (κ3) is 10.9. The van der Waals surface area contributed by atoms with Crippen LogP contribution in [0.15, 0.2) is 108 Å². The second-order valence-corrected chi connectivity index (χ2v) is 8.79. The molecule has 0 amide bonds. The Morgan fingerprint density at radius 3 is 2.31 bits per heavy atom. The highest BCUT2D eigenvalue weighted by molar-refractivity contribution is 6.01. The minimum absolute atomic E-state index is 0.341. The quantitative estimate of drug-likeness (QED) is 0.252. The van der Waals surface area contributed by atoms with Gasteiger partial charge in [-0.25, -0.2) is 0 Å². The number of likely N-dealkylation sites (N-methyl/N-ethyl adjacent to an activating group) is 1. The summed E-state index contributed by atoms with van der Waals surface area (Å²) in [6, 6.07) is 10.1. The molecule has 1 atom stereocenters. The van der Waals surface area contributed by atoms with Crippen LogP contribution in [0.4, 0.5) is 0 Å². The maximum absolute atomic E-state index is 5.39. The fraction of sp³-hybridized carbons (Fsp3) is 0.367. The van der Waals surface area contributed by atoms with E-state index in [1.807, 2.05) is 48.6 Å². The first-order valence-corrected chi connectivity index (χ1v) is 12.2. The summed E-state index contributed by atoms with van der Waals surface area (Å²) in [6.07, 6.45) is 10.6. The summed E-state index contributed by atoms with van der Waals surface area (Å²) >= 11 is 0. The van der Waals surface area contributed by atoms with Crippen molar-refractivity contribution in [2.45, 2.75) is 45.3 Å². The minimum atomic E-state index is -0.341. The molecule has 5 N–H and O–H groups in total. The number of allylic oxidation sites excluding steroid dienone is 4. The van der Waals surface area contributed by atoms with E-state index in [9.17, 15) is 0 Å². The number of hydrogen-bond donors (Lipinski definition) is 3. The predicted octanol–water partition coefficient (Wildman–Crippen LogP) is 5.44. The van der Waals surface area contributed by atoms with E-state index in [-0.39, 0.29) is 6.17 Å². The van der Waals surface area contributed by atoms with Crippen molar-refractivity contribution >= 4 is 5.71 Å². The molecule has 2 aliphatic heterocycles. The molecule has 190 valence electrons. The van der Waals surface area contributed by atoms with E-state index in [0.717, 1.165) is 36.3 Å². The van der Waals surface area contributed by atoms with Gasteiger partial charge in [0.05, 0.1) is 12.7 Å². The van der Waals surface area contributed by atoms with Crippen LogP contribution in [0, 0.1) is 0 Å². The van der Waals surface area contributed by atoms with Crippen LogP contribution in [-0.4, -0.2) is 43.3 Å². The molecule has 1 unspecified atom stereocenters. The number of hydrogen-bond acceptors (Lipinski definition) is 5. The van der Waals surface area contributed by atoms with Crippen LogP contribution >= 0.6 is 0 Å². The molecule has 1 aromatic rings. The Labute approximate surface area is 213 Å². The topological polar surface area (TPSA) is 79.7 Å². The van der Waals surface area contributed by atoms with Gasteiger partial charge in [-0.1, -0.05) is 74.4 Å². The summed E-state index contributed by atoms with van der Waals surface area (Å²) in [5, 5.41) is 3.37. The maximum atomic E-state index is 5.39. The Morgan fingerprint density at radius 1 is 1.20 bits per heavy atom. The lowest BCUT2D eigenvalue weighted by atomic mass is 10.1. The minimum Gasteiger partial charge on any atom is -0.383 e. The number of benzene rings is 1. The van der Waals surface area contributed by atoms with E-state index >= 15 is 0 Å². The molecule has 0 bridgehead atoms. The summed E-state index contributed by atoms with van der Waals surface area (Å²) in [7, 11) is 2.15. The SMILES string of the molecule is C=C/C=C(\C=C)CNC(=C)C1CCCN1C.C=CCC1=C(C)CN=C1C.NC(N)c1ccccc1. The van der Waals surface area contributed by atoms with Crippen molar-refractivity contribution in [3.8, 4) is 0 Å². The van der Waals surface area contributed by atoms with E-state index in [1.54, 1.807) is 6.08 Å². The largest absolute Gasteiger partial charge is 0.383 e. The maximum Gasteiger partial charge on any atom is 0.0784 e. The Balaban J connectivity index is 0.000000278. The summed E-state index contributed by atoms with van der Waals surface area (Å²) in [4.78, 5) is 6.66. The van der Waals surface area contributed by atoms with Crippen molar-refractivity contribution < 1.29 is 0 Å². The first-order chi connectivity index (χ1) is 16.7. The normalized spacial score (nSPS) is 17.6.